The fraction of sp³-hybridized carbons (Fsp3) is 0.600. The molecular formula is C25H37BrO2. The summed E-state index contributed by atoms with van der Waals surface area (Å²) in [6.45, 7) is 6.01. The van der Waals surface area contributed by atoms with E-state index in [0.29, 0.717) is 0 Å². The highest BCUT2D eigenvalue weighted by Crippen LogP contribution is 2.30. The monoisotopic (exact) mass is 448 g/mol. The van der Waals surface area contributed by atoms with Crippen molar-refractivity contribution >= 4 is 26.7 Å². The second-order valence-corrected chi connectivity index (χ2v) is 8.43. The Hall–Kier alpha value is -1.22. The predicted octanol–water partition coefficient (Wildman–Crippen LogP) is 8.22. The second kappa shape index (κ2) is 13.9. The van der Waals surface area contributed by atoms with Gasteiger partial charge in [0, 0.05) is 5.33 Å². The third kappa shape index (κ3) is 8.03. The Labute approximate surface area is 180 Å². The van der Waals surface area contributed by atoms with Gasteiger partial charge in [-0.25, -0.2) is 0 Å². The first-order chi connectivity index (χ1) is 13.8. The summed E-state index contributed by atoms with van der Waals surface area (Å²) in [7, 11) is 0. The fourth-order valence-corrected chi connectivity index (χ4v) is 3.89. The highest BCUT2D eigenvalue weighted by Gasteiger charge is 2.06. The van der Waals surface area contributed by atoms with Gasteiger partial charge in [0.05, 0.1) is 13.2 Å². The first kappa shape index (κ1) is 23.1. The number of hydrogen-bond acceptors (Lipinski definition) is 2. The molecule has 3 heteroatoms. The minimum absolute atomic E-state index is 0.807. The van der Waals surface area contributed by atoms with Gasteiger partial charge in [0.2, 0.25) is 0 Å². The highest BCUT2D eigenvalue weighted by molar-refractivity contribution is 9.09. The van der Waals surface area contributed by atoms with Gasteiger partial charge in [-0.3, -0.25) is 0 Å². The van der Waals surface area contributed by atoms with E-state index in [1.54, 1.807) is 0 Å². The quantitative estimate of drug-likeness (QED) is 0.201. The zero-order valence-corrected chi connectivity index (χ0v) is 19.4. The molecule has 0 saturated carbocycles. The van der Waals surface area contributed by atoms with E-state index in [9.17, 15) is 0 Å². The third-order valence-electron chi connectivity index (χ3n) is 5.26. The summed E-state index contributed by atoms with van der Waals surface area (Å²) in [6, 6.07) is 10.7. The Morgan fingerprint density at radius 1 is 0.750 bits per heavy atom. The van der Waals surface area contributed by atoms with Gasteiger partial charge in [-0.05, 0) is 60.7 Å². The number of alkyl halides is 1. The number of hydrogen-bond donors (Lipinski definition) is 0. The molecule has 2 rings (SSSR count). The van der Waals surface area contributed by atoms with Crippen LogP contribution < -0.4 is 9.47 Å². The van der Waals surface area contributed by atoms with E-state index in [-0.39, 0.29) is 0 Å². The number of benzene rings is 2. The molecule has 0 atom stereocenters. The lowest BCUT2D eigenvalue weighted by Gasteiger charge is -2.13. The molecule has 0 aromatic heterocycles. The smallest absolute Gasteiger partial charge is 0.122 e. The van der Waals surface area contributed by atoms with E-state index in [2.05, 4.69) is 60.1 Å². The van der Waals surface area contributed by atoms with Crippen LogP contribution in [0.5, 0.6) is 11.5 Å². The summed E-state index contributed by atoms with van der Waals surface area (Å²) in [5, 5.41) is 3.61. The van der Waals surface area contributed by atoms with Gasteiger partial charge in [-0.2, -0.15) is 0 Å². The lowest BCUT2D eigenvalue weighted by molar-refractivity contribution is 0.302. The Bertz CT molecular complexity index is 684. The van der Waals surface area contributed by atoms with Crippen molar-refractivity contribution in [2.75, 3.05) is 18.5 Å². The zero-order valence-electron chi connectivity index (χ0n) is 17.8. The molecule has 156 valence electrons. The topological polar surface area (TPSA) is 18.5 Å². The van der Waals surface area contributed by atoms with E-state index in [4.69, 9.17) is 9.47 Å². The SMILES string of the molecule is CCCCCCOc1ccc2c(C)c(OCCCCCCCCBr)ccc2c1. The van der Waals surface area contributed by atoms with Crippen molar-refractivity contribution < 1.29 is 9.47 Å². The number of unbranched alkanes of at least 4 members (excludes halogenated alkanes) is 8. The fourth-order valence-electron chi connectivity index (χ4n) is 3.49. The van der Waals surface area contributed by atoms with Crippen molar-refractivity contribution in [2.45, 2.75) is 78.1 Å². The van der Waals surface area contributed by atoms with Crippen LogP contribution in [0, 0.1) is 6.92 Å². The highest BCUT2D eigenvalue weighted by atomic mass is 79.9. The minimum atomic E-state index is 0.807. The number of ether oxygens (including phenoxy) is 2. The minimum Gasteiger partial charge on any atom is -0.494 e. The summed E-state index contributed by atoms with van der Waals surface area (Å²) in [4.78, 5) is 0. The Morgan fingerprint density at radius 2 is 1.43 bits per heavy atom. The molecular weight excluding hydrogens is 412 g/mol. The van der Waals surface area contributed by atoms with Crippen LogP contribution in [0.1, 0.15) is 76.7 Å². The number of aryl methyl sites for hydroxylation is 1. The van der Waals surface area contributed by atoms with Gasteiger partial charge in [-0.1, -0.05) is 79.9 Å². The van der Waals surface area contributed by atoms with Crippen molar-refractivity contribution in [3.05, 3.63) is 35.9 Å². The van der Waals surface area contributed by atoms with Crippen molar-refractivity contribution in [1.29, 1.82) is 0 Å². The van der Waals surface area contributed by atoms with Gasteiger partial charge >= 0.3 is 0 Å². The maximum atomic E-state index is 6.07. The standard InChI is InChI=1S/C25H37BrO2/c1-3-4-5-11-18-27-23-14-15-24-21(2)25(16-13-22(24)20-23)28-19-12-9-7-6-8-10-17-26/h13-16,20H,3-12,17-19H2,1-2H3. The van der Waals surface area contributed by atoms with Gasteiger partial charge in [0.15, 0.2) is 0 Å². The summed E-state index contributed by atoms with van der Waals surface area (Å²) in [5.41, 5.74) is 1.23. The molecule has 0 amide bonds. The molecule has 0 bridgehead atoms. The molecule has 2 aromatic rings. The molecule has 0 aliphatic rings. The normalized spacial score (nSPS) is 11.1. The van der Waals surface area contributed by atoms with Crippen molar-refractivity contribution in [1.82, 2.24) is 0 Å². The predicted molar refractivity (Wildman–Crippen MR) is 125 cm³/mol. The Kier molecular flexibility index (Phi) is 11.4. The lowest BCUT2D eigenvalue weighted by atomic mass is 10.0. The van der Waals surface area contributed by atoms with Crippen molar-refractivity contribution in [3.63, 3.8) is 0 Å². The van der Waals surface area contributed by atoms with Crippen LogP contribution in [0.2, 0.25) is 0 Å². The van der Waals surface area contributed by atoms with Crippen LogP contribution in [0.25, 0.3) is 10.8 Å². The maximum absolute atomic E-state index is 6.07. The van der Waals surface area contributed by atoms with Crippen LogP contribution in [0.4, 0.5) is 0 Å². The van der Waals surface area contributed by atoms with Crippen LogP contribution >= 0.6 is 15.9 Å². The molecule has 0 saturated heterocycles. The van der Waals surface area contributed by atoms with E-state index in [1.807, 2.05) is 0 Å². The molecule has 0 aliphatic heterocycles. The van der Waals surface area contributed by atoms with Gasteiger partial charge < -0.3 is 9.47 Å². The molecule has 2 nitrogen and oxygen atoms in total. The summed E-state index contributed by atoms with van der Waals surface area (Å²) in [6.07, 6.45) is 12.6. The molecule has 0 radical (unpaired) electrons. The first-order valence-electron chi connectivity index (χ1n) is 11.1. The van der Waals surface area contributed by atoms with Crippen LogP contribution in [-0.2, 0) is 0 Å². The molecule has 0 unspecified atom stereocenters. The van der Waals surface area contributed by atoms with Crippen LogP contribution in [0.3, 0.4) is 0 Å². The molecule has 0 fully saturated rings. The van der Waals surface area contributed by atoms with Gasteiger partial charge in [0.1, 0.15) is 11.5 Å². The molecule has 2 aromatic carbocycles. The molecule has 0 spiro atoms. The van der Waals surface area contributed by atoms with E-state index < -0.39 is 0 Å². The van der Waals surface area contributed by atoms with E-state index in [0.717, 1.165) is 42.9 Å². The molecule has 28 heavy (non-hydrogen) atoms. The maximum Gasteiger partial charge on any atom is 0.122 e. The largest absolute Gasteiger partial charge is 0.494 e. The average Bonchev–Trinajstić information content (AvgIpc) is 2.71. The third-order valence-corrected chi connectivity index (χ3v) is 5.82. The Balaban J connectivity index is 1.79. The number of fused-ring (bicyclic) bond motifs is 1. The number of rotatable bonds is 15. The van der Waals surface area contributed by atoms with Gasteiger partial charge in [-0.15, -0.1) is 0 Å². The molecule has 0 heterocycles. The summed E-state index contributed by atoms with van der Waals surface area (Å²) >= 11 is 3.49. The Morgan fingerprint density at radius 3 is 2.18 bits per heavy atom. The second-order valence-electron chi connectivity index (χ2n) is 7.64. The molecule has 0 N–H and O–H groups in total. The van der Waals surface area contributed by atoms with Gasteiger partial charge in [0.25, 0.3) is 0 Å². The van der Waals surface area contributed by atoms with Crippen LogP contribution in [0.15, 0.2) is 30.3 Å². The van der Waals surface area contributed by atoms with E-state index >= 15 is 0 Å². The summed E-state index contributed by atoms with van der Waals surface area (Å²) < 4.78 is 12.0. The van der Waals surface area contributed by atoms with Crippen molar-refractivity contribution in [3.8, 4) is 11.5 Å². The molecule has 0 aliphatic carbocycles. The summed E-state index contributed by atoms with van der Waals surface area (Å²) in [5.74, 6) is 1.98. The van der Waals surface area contributed by atoms with Crippen molar-refractivity contribution in [2.24, 2.45) is 0 Å². The lowest BCUT2D eigenvalue weighted by Crippen LogP contribution is -2.00. The van der Waals surface area contributed by atoms with Crippen LogP contribution in [-0.4, -0.2) is 18.5 Å². The zero-order chi connectivity index (χ0) is 20.0. The number of halogens is 1. The first-order valence-corrected chi connectivity index (χ1v) is 12.2. The average molecular weight is 449 g/mol. The van der Waals surface area contributed by atoms with E-state index in [1.165, 1.54) is 67.7 Å².